The molecule has 0 aliphatic carbocycles. The fourth-order valence-electron chi connectivity index (χ4n) is 1.18. The smallest absolute Gasteiger partial charge is 0.0908 e. The van der Waals surface area contributed by atoms with Gasteiger partial charge in [0.1, 0.15) is 0 Å². The first kappa shape index (κ1) is 14.1. The summed E-state index contributed by atoms with van der Waals surface area (Å²) in [4.78, 5) is 0. The van der Waals surface area contributed by atoms with Gasteiger partial charge in [-0.3, -0.25) is 17.1 Å². The molecule has 0 unspecified atom stereocenters. The molecule has 10 N–H and O–H groups in total. The van der Waals surface area contributed by atoms with E-state index in [-0.39, 0.29) is 5.84 Å². The summed E-state index contributed by atoms with van der Waals surface area (Å²) < 4.78 is 0. The second kappa shape index (κ2) is 7.38. The maximum Gasteiger partial charge on any atom is 0.0908 e. The second-order valence-corrected chi connectivity index (χ2v) is 3.13. The summed E-state index contributed by atoms with van der Waals surface area (Å²) in [6, 6.07) is 5.52. The normalized spacial score (nSPS) is 8.88. The number of hydrazine groups is 1. The Balaban J connectivity index is 0.00000106. The number of nitrogens with two attached hydrogens (primary N) is 4. The van der Waals surface area contributed by atoms with Crippen molar-refractivity contribution in [1.29, 1.82) is 10.8 Å². The Morgan fingerprint density at radius 3 is 2.44 bits per heavy atom. The maximum atomic E-state index is 7.13. The number of benzene rings is 1. The lowest BCUT2D eigenvalue weighted by molar-refractivity contribution is 1.02. The SMILES string of the molecule is N=Cc1cc(CCC(=N)N)ccc1N.NN. The van der Waals surface area contributed by atoms with E-state index in [0.717, 1.165) is 12.0 Å². The Bertz CT molecular complexity index is 360. The minimum Gasteiger partial charge on any atom is -0.398 e. The Kier molecular flexibility index (Phi) is 6.50. The van der Waals surface area contributed by atoms with Crippen LogP contribution < -0.4 is 23.2 Å². The minimum absolute atomic E-state index is 0.179. The second-order valence-electron chi connectivity index (χ2n) is 3.13. The van der Waals surface area contributed by atoms with Crippen molar-refractivity contribution < 1.29 is 0 Å². The molecule has 1 rings (SSSR count). The van der Waals surface area contributed by atoms with Gasteiger partial charge in [0.05, 0.1) is 5.84 Å². The van der Waals surface area contributed by atoms with Crippen molar-refractivity contribution in [3.8, 4) is 0 Å². The molecule has 0 saturated heterocycles. The van der Waals surface area contributed by atoms with Crippen LogP contribution in [0, 0.1) is 10.8 Å². The molecular weight excluding hydrogens is 204 g/mol. The van der Waals surface area contributed by atoms with Crippen LogP contribution >= 0.6 is 0 Å². The highest BCUT2D eigenvalue weighted by molar-refractivity contribution is 5.85. The molecule has 0 saturated carbocycles. The van der Waals surface area contributed by atoms with E-state index in [0.29, 0.717) is 17.7 Å². The Morgan fingerprint density at radius 2 is 1.94 bits per heavy atom. The largest absolute Gasteiger partial charge is 0.398 e. The summed E-state index contributed by atoms with van der Waals surface area (Å²) in [5.74, 6) is 8.18. The Morgan fingerprint density at radius 1 is 1.31 bits per heavy atom. The van der Waals surface area contributed by atoms with Gasteiger partial charge in [0.25, 0.3) is 0 Å². The van der Waals surface area contributed by atoms with E-state index in [1.165, 1.54) is 6.21 Å². The molecule has 0 aliphatic rings. The first-order valence-corrected chi connectivity index (χ1v) is 4.68. The van der Waals surface area contributed by atoms with Crippen LogP contribution in [0.2, 0.25) is 0 Å². The van der Waals surface area contributed by atoms with Crippen molar-refractivity contribution in [2.75, 3.05) is 5.73 Å². The molecule has 16 heavy (non-hydrogen) atoms. The third-order valence-corrected chi connectivity index (χ3v) is 1.99. The highest BCUT2D eigenvalue weighted by atomic mass is 15.0. The van der Waals surface area contributed by atoms with Gasteiger partial charge in [-0.2, -0.15) is 0 Å². The van der Waals surface area contributed by atoms with Crippen molar-refractivity contribution in [1.82, 2.24) is 0 Å². The fourth-order valence-corrected chi connectivity index (χ4v) is 1.18. The van der Waals surface area contributed by atoms with Crippen LogP contribution in [0.1, 0.15) is 17.5 Å². The number of aryl methyl sites for hydroxylation is 1. The van der Waals surface area contributed by atoms with Gasteiger partial charge in [-0.1, -0.05) is 6.07 Å². The van der Waals surface area contributed by atoms with E-state index in [9.17, 15) is 0 Å². The molecule has 0 bridgehead atoms. The van der Waals surface area contributed by atoms with Gasteiger partial charge in [0, 0.05) is 23.9 Å². The van der Waals surface area contributed by atoms with Gasteiger partial charge in [0.15, 0.2) is 0 Å². The molecule has 1 aromatic carbocycles. The molecule has 6 nitrogen and oxygen atoms in total. The molecule has 1 aromatic rings. The Hall–Kier alpha value is -1.92. The zero-order chi connectivity index (χ0) is 12.6. The zero-order valence-corrected chi connectivity index (χ0v) is 9.03. The number of hydrogen-bond acceptors (Lipinski definition) is 5. The summed E-state index contributed by atoms with van der Waals surface area (Å²) >= 11 is 0. The number of nitrogens with one attached hydrogen (secondary N) is 2. The van der Waals surface area contributed by atoms with Crippen molar-refractivity contribution >= 4 is 17.7 Å². The lowest BCUT2D eigenvalue weighted by Crippen LogP contribution is -2.10. The molecule has 6 heteroatoms. The predicted octanol–water partition coefficient (Wildman–Crippen LogP) is -0.0462. The quantitative estimate of drug-likeness (QED) is 0.139. The molecule has 0 amide bonds. The lowest BCUT2D eigenvalue weighted by Gasteiger charge is -2.04. The van der Waals surface area contributed by atoms with Gasteiger partial charge in [0.2, 0.25) is 0 Å². The molecule has 0 spiro atoms. The van der Waals surface area contributed by atoms with Crippen molar-refractivity contribution in [2.24, 2.45) is 17.4 Å². The minimum atomic E-state index is 0.179. The monoisotopic (exact) mass is 222 g/mol. The molecule has 0 fully saturated rings. The topological polar surface area (TPSA) is 152 Å². The van der Waals surface area contributed by atoms with Gasteiger partial charge >= 0.3 is 0 Å². The third kappa shape index (κ3) is 4.54. The average molecular weight is 222 g/mol. The number of nitrogen functional groups attached to an aromatic ring is 1. The van der Waals surface area contributed by atoms with Crippen molar-refractivity contribution in [2.45, 2.75) is 12.8 Å². The molecule has 0 aliphatic heterocycles. The average Bonchev–Trinajstić information content (AvgIpc) is 2.30. The zero-order valence-electron chi connectivity index (χ0n) is 9.03. The van der Waals surface area contributed by atoms with E-state index >= 15 is 0 Å². The summed E-state index contributed by atoms with van der Waals surface area (Å²) in [5.41, 5.74) is 13.3. The number of hydrogen-bond donors (Lipinski definition) is 6. The Labute approximate surface area is 94.6 Å². The molecule has 0 heterocycles. The van der Waals surface area contributed by atoms with E-state index in [1.807, 2.05) is 12.1 Å². The fraction of sp³-hybridized carbons (Fsp3) is 0.200. The van der Waals surface area contributed by atoms with E-state index in [4.69, 9.17) is 22.3 Å². The molecule has 0 atom stereocenters. The van der Waals surface area contributed by atoms with Gasteiger partial charge in [-0.15, -0.1) is 0 Å². The van der Waals surface area contributed by atoms with E-state index in [2.05, 4.69) is 11.7 Å². The van der Waals surface area contributed by atoms with E-state index in [1.54, 1.807) is 6.07 Å². The number of anilines is 1. The van der Waals surface area contributed by atoms with Crippen LogP contribution in [0.4, 0.5) is 5.69 Å². The third-order valence-electron chi connectivity index (χ3n) is 1.99. The number of rotatable bonds is 4. The van der Waals surface area contributed by atoms with Crippen LogP contribution in [-0.2, 0) is 6.42 Å². The molecule has 0 aromatic heterocycles. The molecule has 88 valence electrons. The summed E-state index contributed by atoms with van der Waals surface area (Å²) in [6.07, 6.45) is 2.49. The van der Waals surface area contributed by atoms with E-state index < -0.39 is 0 Å². The lowest BCUT2D eigenvalue weighted by atomic mass is 10.1. The summed E-state index contributed by atoms with van der Waals surface area (Å²) in [7, 11) is 0. The van der Waals surface area contributed by atoms with Crippen LogP contribution in [0.3, 0.4) is 0 Å². The van der Waals surface area contributed by atoms with Gasteiger partial charge in [-0.25, -0.2) is 0 Å². The first-order chi connectivity index (χ1) is 7.63. The molecule has 0 radical (unpaired) electrons. The predicted molar refractivity (Wildman–Crippen MR) is 67.3 cm³/mol. The first-order valence-electron chi connectivity index (χ1n) is 4.68. The van der Waals surface area contributed by atoms with Gasteiger partial charge < -0.3 is 16.9 Å². The van der Waals surface area contributed by atoms with Crippen LogP contribution in [0.15, 0.2) is 18.2 Å². The van der Waals surface area contributed by atoms with Crippen LogP contribution in [0.5, 0.6) is 0 Å². The van der Waals surface area contributed by atoms with Gasteiger partial charge in [-0.05, 0) is 24.1 Å². The van der Waals surface area contributed by atoms with Crippen molar-refractivity contribution in [3.05, 3.63) is 29.3 Å². The number of amidine groups is 1. The molecular formula is C10H18N6. The highest BCUT2D eigenvalue weighted by Gasteiger charge is 1.99. The van der Waals surface area contributed by atoms with Crippen LogP contribution in [-0.4, -0.2) is 12.1 Å². The summed E-state index contributed by atoms with van der Waals surface area (Å²) in [6.45, 7) is 0. The van der Waals surface area contributed by atoms with Crippen molar-refractivity contribution in [3.63, 3.8) is 0 Å². The maximum absolute atomic E-state index is 7.13. The van der Waals surface area contributed by atoms with Crippen LogP contribution in [0.25, 0.3) is 0 Å². The standard InChI is InChI=1S/C10H14N4.H4N2/c11-6-8-5-7(1-3-9(8)12)2-4-10(13)14;1-2/h1,3,5-6,11H,2,4,12H2,(H3,13,14);1-2H2. The highest BCUT2D eigenvalue weighted by Crippen LogP contribution is 2.13. The summed E-state index contributed by atoms with van der Waals surface area (Å²) in [5, 5.41) is 14.2.